The minimum atomic E-state index is -0.355. The molecule has 2 aromatic carbocycles. The Labute approximate surface area is 163 Å². The van der Waals surface area contributed by atoms with Crippen molar-refractivity contribution in [1.29, 1.82) is 0 Å². The van der Waals surface area contributed by atoms with Crippen LogP contribution in [0.4, 0.5) is 11.4 Å². The fraction of sp³-hybridized carbons (Fsp3) is 0.182. The van der Waals surface area contributed by atoms with E-state index in [4.69, 9.17) is 9.15 Å². The molecule has 0 aliphatic carbocycles. The van der Waals surface area contributed by atoms with Crippen molar-refractivity contribution in [2.75, 3.05) is 10.6 Å². The van der Waals surface area contributed by atoms with Gasteiger partial charge in [0.15, 0.2) is 5.76 Å². The van der Waals surface area contributed by atoms with Crippen molar-refractivity contribution in [3.63, 3.8) is 0 Å². The Morgan fingerprint density at radius 3 is 2.36 bits per heavy atom. The zero-order chi connectivity index (χ0) is 20.1. The lowest BCUT2D eigenvalue weighted by atomic mass is 10.1. The van der Waals surface area contributed by atoms with Gasteiger partial charge in [0, 0.05) is 16.9 Å². The molecule has 0 radical (unpaired) electrons. The summed E-state index contributed by atoms with van der Waals surface area (Å²) in [5, 5.41) is 5.63. The van der Waals surface area contributed by atoms with Gasteiger partial charge in [-0.25, -0.2) is 0 Å². The zero-order valence-corrected chi connectivity index (χ0v) is 16.0. The van der Waals surface area contributed by atoms with Crippen LogP contribution < -0.4 is 15.4 Å². The molecule has 3 rings (SSSR count). The van der Waals surface area contributed by atoms with Crippen LogP contribution in [0.3, 0.4) is 0 Å². The molecular weight excluding hydrogens is 356 g/mol. The second-order valence-electron chi connectivity index (χ2n) is 6.61. The number of hydrogen-bond donors (Lipinski definition) is 2. The van der Waals surface area contributed by atoms with Crippen molar-refractivity contribution in [1.82, 2.24) is 0 Å². The standard InChI is InChI=1S/C22H22N2O4/c1-14(2)28-18-10-7-16(8-11-18)21(25)24-19-13-17(9-6-15(19)3)23-22(26)20-5-4-12-27-20/h4-14H,1-3H3,(H,23,26)(H,24,25). The van der Waals surface area contributed by atoms with Gasteiger partial charge in [-0.05, 0) is 74.9 Å². The van der Waals surface area contributed by atoms with Crippen LogP contribution in [0.25, 0.3) is 0 Å². The van der Waals surface area contributed by atoms with Crippen molar-refractivity contribution in [2.24, 2.45) is 0 Å². The summed E-state index contributed by atoms with van der Waals surface area (Å²) in [6.07, 6.45) is 1.51. The first-order valence-electron chi connectivity index (χ1n) is 8.96. The van der Waals surface area contributed by atoms with Crippen molar-refractivity contribution < 1.29 is 18.7 Å². The molecule has 0 fully saturated rings. The Morgan fingerprint density at radius 2 is 1.71 bits per heavy atom. The average molecular weight is 378 g/mol. The highest BCUT2D eigenvalue weighted by Crippen LogP contribution is 2.22. The maximum atomic E-state index is 12.6. The minimum Gasteiger partial charge on any atom is -0.491 e. The lowest BCUT2D eigenvalue weighted by Crippen LogP contribution is -2.14. The van der Waals surface area contributed by atoms with E-state index in [0.717, 1.165) is 5.56 Å². The number of benzene rings is 2. The summed E-state index contributed by atoms with van der Waals surface area (Å²) in [5.74, 6) is 0.334. The quantitative estimate of drug-likeness (QED) is 0.641. The van der Waals surface area contributed by atoms with Crippen molar-refractivity contribution in [3.8, 4) is 5.75 Å². The molecule has 1 aromatic heterocycles. The van der Waals surface area contributed by atoms with Gasteiger partial charge >= 0.3 is 0 Å². The van der Waals surface area contributed by atoms with Crippen LogP contribution in [0.2, 0.25) is 0 Å². The van der Waals surface area contributed by atoms with E-state index in [1.807, 2.05) is 26.8 Å². The molecule has 28 heavy (non-hydrogen) atoms. The first-order chi connectivity index (χ1) is 13.4. The Kier molecular flexibility index (Phi) is 5.79. The second-order valence-corrected chi connectivity index (χ2v) is 6.61. The molecule has 0 aliphatic heterocycles. The predicted octanol–water partition coefficient (Wildman–Crippen LogP) is 4.88. The van der Waals surface area contributed by atoms with Crippen LogP contribution in [0.15, 0.2) is 65.3 Å². The van der Waals surface area contributed by atoms with E-state index in [0.29, 0.717) is 22.7 Å². The van der Waals surface area contributed by atoms with Crippen molar-refractivity contribution >= 4 is 23.2 Å². The van der Waals surface area contributed by atoms with Gasteiger partial charge in [0.2, 0.25) is 0 Å². The molecule has 0 unspecified atom stereocenters. The van der Waals surface area contributed by atoms with Gasteiger partial charge in [0.05, 0.1) is 12.4 Å². The summed E-state index contributed by atoms with van der Waals surface area (Å²) in [4.78, 5) is 24.7. The van der Waals surface area contributed by atoms with Gasteiger partial charge in [-0.15, -0.1) is 0 Å². The number of nitrogens with one attached hydrogen (secondary N) is 2. The smallest absolute Gasteiger partial charge is 0.291 e. The summed E-state index contributed by atoms with van der Waals surface area (Å²) in [6.45, 7) is 5.77. The normalized spacial score (nSPS) is 10.6. The molecular formula is C22H22N2O4. The topological polar surface area (TPSA) is 80.6 Å². The number of anilines is 2. The van der Waals surface area contributed by atoms with Crippen LogP contribution in [0, 0.1) is 6.92 Å². The van der Waals surface area contributed by atoms with E-state index in [-0.39, 0.29) is 23.7 Å². The molecule has 0 saturated heterocycles. The summed E-state index contributed by atoms with van der Waals surface area (Å²) in [7, 11) is 0. The molecule has 1 heterocycles. The van der Waals surface area contributed by atoms with Gasteiger partial charge < -0.3 is 19.8 Å². The predicted molar refractivity (Wildman–Crippen MR) is 108 cm³/mol. The molecule has 0 saturated carbocycles. The van der Waals surface area contributed by atoms with Crippen LogP contribution in [-0.2, 0) is 0 Å². The SMILES string of the molecule is Cc1ccc(NC(=O)c2ccco2)cc1NC(=O)c1ccc(OC(C)C)cc1. The number of furan rings is 1. The number of amides is 2. The molecule has 3 aromatic rings. The van der Waals surface area contributed by atoms with Gasteiger partial charge in [0.1, 0.15) is 5.75 Å². The lowest BCUT2D eigenvalue weighted by molar-refractivity contribution is 0.0995. The van der Waals surface area contributed by atoms with Gasteiger partial charge in [0.25, 0.3) is 11.8 Å². The van der Waals surface area contributed by atoms with Crippen LogP contribution in [0.1, 0.15) is 40.3 Å². The number of aryl methyl sites for hydroxylation is 1. The van der Waals surface area contributed by atoms with Crippen LogP contribution in [-0.4, -0.2) is 17.9 Å². The highest BCUT2D eigenvalue weighted by atomic mass is 16.5. The Bertz CT molecular complexity index is 961. The zero-order valence-electron chi connectivity index (χ0n) is 16.0. The molecule has 2 amide bonds. The van der Waals surface area contributed by atoms with E-state index in [2.05, 4.69) is 10.6 Å². The molecule has 2 N–H and O–H groups in total. The first-order valence-corrected chi connectivity index (χ1v) is 8.96. The lowest BCUT2D eigenvalue weighted by Gasteiger charge is -2.12. The molecule has 0 spiro atoms. The number of carbonyl (C=O) groups is 2. The fourth-order valence-corrected chi connectivity index (χ4v) is 2.59. The van der Waals surface area contributed by atoms with Gasteiger partial charge in [-0.2, -0.15) is 0 Å². The minimum absolute atomic E-state index is 0.0708. The number of rotatable bonds is 6. The van der Waals surface area contributed by atoms with Crippen LogP contribution in [0.5, 0.6) is 5.75 Å². The highest BCUT2D eigenvalue weighted by molar-refractivity contribution is 6.06. The summed E-state index contributed by atoms with van der Waals surface area (Å²) in [5.41, 5.74) is 2.57. The number of carbonyl (C=O) groups excluding carboxylic acids is 2. The molecule has 0 atom stereocenters. The van der Waals surface area contributed by atoms with Crippen molar-refractivity contribution in [3.05, 3.63) is 77.7 Å². The summed E-state index contributed by atoms with van der Waals surface area (Å²) >= 11 is 0. The van der Waals surface area contributed by atoms with E-state index < -0.39 is 0 Å². The number of hydrogen-bond acceptors (Lipinski definition) is 4. The Morgan fingerprint density at radius 1 is 0.964 bits per heavy atom. The third kappa shape index (κ3) is 4.79. The number of ether oxygens (including phenoxy) is 1. The van der Waals surface area contributed by atoms with Crippen molar-refractivity contribution in [2.45, 2.75) is 26.9 Å². The summed E-state index contributed by atoms with van der Waals surface area (Å²) < 4.78 is 10.7. The third-order valence-corrected chi connectivity index (χ3v) is 3.98. The fourth-order valence-electron chi connectivity index (χ4n) is 2.59. The maximum Gasteiger partial charge on any atom is 0.291 e. The van der Waals surface area contributed by atoms with E-state index >= 15 is 0 Å². The van der Waals surface area contributed by atoms with Crippen LogP contribution >= 0.6 is 0 Å². The Hall–Kier alpha value is -3.54. The second kappa shape index (κ2) is 8.43. The third-order valence-electron chi connectivity index (χ3n) is 3.98. The molecule has 0 aliphatic rings. The summed E-state index contributed by atoms with van der Waals surface area (Å²) in [6, 6.07) is 15.5. The van der Waals surface area contributed by atoms with Gasteiger partial charge in [-0.3, -0.25) is 9.59 Å². The maximum absolute atomic E-state index is 12.6. The first kappa shape index (κ1) is 19.2. The molecule has 0 bridgehead atoms. The molecule has 6 heteroatoms. The molecule has 144 valence electrons. The van der Waals surface area contributed by atoms with Gasteiger partial charge in [-0.1, -0.05) is 6.07 Å². The van der Waals surface area contributed by atoms with E-state index in [1.165, 1.54) is 6.26 Å². The average Bonchev–Trinajstić information content (AvgIpc) is 3.19. The largest absolute Gasteiger partial charge is 0.491 e. The Balaban J connectivity index is 1.71. The monoisotopic (exact) mass is 378 g/mol. The highest BCUT2D eigenvalue weighted by Gasteiger charge is 2.12. The van der Waals surface area contributed by atoms with E-state index in [9.17, 15) is 9.59 Å². The van der Waals surface area contributed by atoms with E-state index in [1.54, 1.807) is 48.5 Å². The molecule has 6 nitrogen and oxygen atoms in total.